The van der Waals surface area contributed by atoms with E-state index < -0.39 is 0 Å². The van der Waals surface area contributed by atoms with Crippen LogP contribution in [0.2, 0.25) is 0 Å². The number of nitrogens with one attached hydrogen (secondary N) is 1. The molecule has 0 saturated heterocycles. The van der Waals surface area contributed by atoms with Crippen molar-refractivity contribution < 1.29 is 4.74 Å². The molecule has 2 atom stereocenters. The van der Waals surface area contributed by atoms with E-state index in [2.05, 4.69) is 44.3 Å². The zero-order chi connectivity index (χ0) is 14.8. The minimum absolute atomic E-state index is 0.405. The molecule has 0 aliphatic rings. The Morgan fingerprint density at radius 1 is 1.10 bits per heavy atom. The van der Waals surface area contributed by atoms with Gasteiger partial charge in [-0.05, 0) is 31.4 Å². The number of unbranched alkanes of at least 4 members (excludes halogenated alkanes) is 1. The third-order valence-electron chi connectivity index (χ3n) is 4.01. The highest BCUT2D eigenvalue weighted by Crippen LogP contribution is 2.34. The molecule has 1 aromatic carbocycles. The van der Waals surface area contributed by atoms with Crippen LogP contribution in [-0.2, 0) is 0 Å². The van der Waals surface area contributed by atoms with Crippen molar-refractivity contribution in [3.05, 3.63) is 29.8 Å². The van der Waals surface area contributed by atoms with Crippen molar-refractivity contribution in [3.63, 3.8) is 0 Å². The zero-order valence-corrected chi connectivity index (χ0v) is 13.6. The second kappa shape index (κ2) is 9.82. The van der Waals surface area contributed by atoms with E-state index in [4.69, 9.17) is 4.74 Å². The Bertz CT molecular complexity index is 364. The van der Waals surface area contributed by atoms with Crippen molar-refractivity contribution in [3.8, 4) is 5.75 Å². The van der Waals surface area contributed by atoms with Gasteiger partial charge < -0.3 is 10.1 Å². The van der Waals surface area contributed by atoms with Crippen LogP contribution in [0.4, 0.5) is 0 Å². The number of ether oxygens (including phenoxy) is 1. The molecular weight excluding hydrogens is 246 g/mol. The van der Waals surface area contributed by atoms with Crippen molar-refractivity contribution in [2.45, 2.75) is 58.9 Å². The lowest BCUT2D eigenvalue weighted by molar-refractivity contribution is 0.311. The van der Waals surface area contributed by atoms with Crippen LogP contribution in [0.3, 0.4) is 0 Å². The molecule has 1 rings (SSSR count). The molecule has 0 radical (unpaired) electrons. The van der Waals surface area contributed by atoms with Crippen LogP contribution in [0.1, 0.15) is 64.5 Å². The molecule has 0 amide bonds. The van der Waals surface area contributed by atoms with Crippen LogP contribution in [0.15, 0.2) is 24.3 Å². The Kier molecular flexibility index (Phi) is 8.36. The Hall–Kier alpha value is -1.02. The monoisotopic (exact) mass is 277 g/mol. The quantitative estimate of drug-likeness (QED) is 0.653. The van der Waals surface area contributed by atoms with E-state index in [1.54, 1.807) is 7.11 Å². The molecule has 20 heavy (non-hydrogen) atoms. The minimum atomic E-state index is 0.405. The molecule has 0 heterocycles. The lowest BCUT2D eigenvalue weighted by Crippen LogP contribution is -2.29. The standard InChI is InChI=1S/C18H31NO/c1-5-8-11-15(7-3)18(19-14-6-2)16-12-9-10-13-17(16)20-4/h9-10,12-13,15,18-19H,5-8,11,14H2,1-4H3. The van der Waals surface area contributed by atoms with Crippen molar-refractivity contribution in [1.82, 2.24) is 5.32 Å². The normalized spacial score (nSPS) is 14.0. The summed E-state index contributed by atoms with van der Waals surface area (Å²) >= 11 is 0. The van der Waals surface area contributed by atoms with Crippen LogP contribution in [0, 0.1) is 5.92 Å². The third-order valence-corrected chi connectivity index (χ3v) is 4.01. The molecule has 1 N–H and O–H groups in total. The molecular formula is C18H31NO. The molecule has 0 aliphatic heterocycles. The van der Waals surface area contributed by atoms with Gasteiger partial charge in [0.05, 0.1) is 7.11 Å². The fourth-order valence-corrected chi connectivity index (χ4v) is 2.83. The van der Waals surface area contributed by atoms with Crippen LogP contribution < -0.4 is 10.1 Å². The average Bonchev–Trinajstić information content (AvgIpc) is 2.50. The third kappa shape index (κ3) is 4.82. The number of hydrogen-bond acceptors (Lipinski definition) is 2. The van der Waals surface area contributed by atoms with Gasteiger partial charge in [0.25, 0.3) is 0 Å². The van der Waals surface area contributed by atoms with Crippen LogP contribution in [-0.4, -0.2) is 13.7 Å². The highest BCUT2D eigenvalue weighted by Gasteiger charge is 2.23. The Labute approximate surface area is 124 Å². The molecule has 2 unspecified atom stereocenters. The summed E-state index contributed by atoms with van der Waals surface area (Å²) in [5.41, 5.74) is 1.31. The van der Waals surface area contributed by atoms with Gasteiger partial charge >= 0.3 is 0 Å². The fraction of sp³-hybridized carbons (Fsp3) is 0.667. The summed E-state index contributed by atoms with van der Waals surface area (Å²) < 4.78 is 5.57. The smallest absolute Gasteiger partial charge is 0.123 e. The van der Waals surface area contributed by atoms with Crippen molar-refractivity contribution in [2.24, 2.45) is 5.92 Å². The zero-order valence-electron chi connectivity index (χ0n) is 13.6. The number of para-hydroxylation sites is 1. The molecule has 0 bridgehead atoms. The molecule has 0 saturated carbocycles. The van der Waals surface area contributed by atoms with Gasteiger partial charge in [0, 0.05) is 11.6 Å². The summed E-state index contributed by atoms with van der Waals surface area (Å²) in [6, 6.07) is 8.85. The number of benzene rings is 1. The van der Waals surface area contributed by atoms with Gasteiger partial charge in [0.1, 0.15) is 5.75 Å². The molecule has 114 valence electrons. The van der Waals surface area contributed by atoms with E-state index in [1.165, 1.54) is 31.2 Å². The molecule has 0 spiro atoms. The Morgan fingerprint density at radius 3 is 2.45 bits per heavy atom. The average molecular weight is 277 g/mol. The highest BCUT2D eigenvalue weighted by atomic mass is 16.5. The minimum Gasteiger partial charge on any atom is -0.496 e. The second-order valence-corrected chi connectivity index (χ2v) is 5.48. The number of hydrogen-bond donors (Lipinski definition) is 1. The van der Waals surface area contributed by atoms with Crippen molar-refractivity contribution >= 4 is 0 Å². The van der Waals surface area contributed by atoms with Gasteiger partial charge in [-0.2, -0.15) is 0 Å². The van der Waals surface area contributed by atoms with Crippen LogP contribution in [0.25, 0.3) is 0 Å². The van der Waals surface area contributed by atoms with E-state index in [0.717, 1.165) is 18.7 Å². The van der Waals surface area contributed by atoms with E-state index >= 15 is 0 Å². The Morgan fingerprint density at radius 2 is 1.85 bits per heavy atom. The number of methoxy groups -OCH3 is 1. The summed E-state index contributed by atoms with van der Waals surface area (Å²) in [5.74, 6) is 1.69. The maximum atomic E-state index is 5.57. The van der Waals surface area contributed by atoms with Gasteiger partial charge in [0.15, 0.2) is 0 Å². The molecule has 2 heteroatoms. The first-order valence-corrected chi connectivity index (χ1v) is 8.14. The SMILES string of the molecule is CCCCC(CC)C(NCCC)c1ccccc1OC. The van der Waals surface area contributed by atoms with Crippen molar-refractivity contribution in [1.29, 1.82) is 0 Å². The highest BCUT2D eigenvalue weighted by molar-refractivity contribution is 5.36. The maximum absolute atomic E-state index is 5.57. The largest absolute Gasteiger partial charge is 0.496 e. The van der Waals surface area contributed by atoms with Crippen LogP contribution >= 0.6 is 0 Å². The lowest BCUT2D eigenvalue weighted by atomic mass is 9.86. The molecule has 2 nitrogen and oxygen atoms in total. The summed E-state index contributed by atoms with van der Waals surface area (Å²) in [7, 11) is 1.77. The van der Waals surface area contributed by atoms with Crippen molar-refractivity contribution in [2.75, 3.05) is 13.7 Å². The molecule has 0 aliphatic carbocycles. The summed E-state index contributed by atoms with van der Waals surface area (Å²) in [5, 5.41) is 3.74. The first kappa shape index (κ1) is 17.0. The molecule has 1 aromatic rings. The van der Waals surface area contributed by atoms with E-state index in [-0.39, 0.29) is 0 Å². The summed E-state index contributed by atoms with van der Waals surface area (Å²) in [4.78, 5) is 0. The molecule has 0 fully saturated rings. The fourth-order valence-electron chi connectivity index (χ4n) is 2.83. The van der Waals surface area contributed by atoms with Gasteiger partial charge in [0.2, 0.25) is 0 Å². The first-order chi connectivity index (χ1) is 9.78. The van der Waals surface area contributed by atoms with E-state index in [1.807, 2.05) is 6.07 Å². The second-order valence-electron chi connectivity index (χ2n) is 5.48. The predicted octanol–water partition coefficient (Wildman–Crippen LogP) is 4.95. The van der Waals surface area contributed by atoms with Gasteiger partial charge in [-0.3, -0.25) is 0 Å². The van der Waals surface area contributed by atoms with E-state index in [9.17, 15) is 0 Å². The van der Waals surface area contributed by atoms with E-state index in [0.29, 0.717) is 12.0 Å². The van der Waals surface area contributed by atoms with Gasteiger partial charge in [-0.25, -0.2) is 0 Å². The predicted molar refractivity (Wildman–Crippen MR) is 87.3 cm³/mol. The lowest BCUT2D eigenvalue weighted by Gasteiger charge is -2.29. The van der Waals surface area contributed by atoms with Crippen LogP contribution in [0.5, 0.6) is 5.75 Å². The molecule has 0 aromatic heterocycles. The Balaban J connectivity index is 2.96. The van der Waals surface area contributed by atoms with Gasteiger partial charge in [-0.1, -0.05) is 58.2 Å². The maximum Gasteiger partial charge on any atom is 0.123 e. The first-order valence-electron chi connectivity index (χ1n) is 8.14. The summed E-state index contributed by atoms with van der Waals surface area (Å²) in [6.45, 7) is 7.85. The number of rotatable bonds is 10. The van der Waals surface area contributed by atoms with Gasteiger partial charge in [-0.15, -0.1) is 0 Å². The topological polar surface area (TPSA) is 21.3 Å². The summed E-state index contributed by atoms with van der Waals surface area (Å²) in [6.07, 6.45) is 6.22.